The monoisotopic (exact) mass is 440 g/mol. The Hall–Kier alpha value is -0.0200. The van der Waals surface area contributed by atoms with E-state index in [1.807, 2.05) is 0 Å². The third-order valence-electron chi connectivity index (χ3n) is 3.01. The zero-order valence-electron chi connectivity index (χ0n) is 10.6. The lowest BCUT2D eigenvalue weighted by atomic mass is 10.4. The van der Waals surface area contributed by atoms with Gasteiger partial charge >= 0.3 is 0 Å². The topological polar surface area (TPSA) is 63.4 Å². The Morgan fingerprint density at radius 1 is 1.40 bits per heavy atom. The molecule has 8 heteroatoms. The molecule has 1 aliphatic carbocycles. The number of nitrogens with zero attached hydrogens (tertiary/aromatic N) is 1. The second kappa shape index (κ2) is 6.39. The summed E-state index contributed by atoms with van der Waals surface area (Å²) in [7, 11) is -3.55. The molecule has 20 heavy (non-hydrogen) atoms. The Bertz CT molecular complexity index is 630. The van der Waals surface area contributed by atoms with Gasteiger partial charge in [-0.25, -0.2) is 8.42 Å². The number of thiocarbonyl (C=S) groups is 1. The second-order valence-electron chi connectivity index (χ2n) is 4.64. The number of hydrogen-bond donors (Lipinski definition) is 1. The molecule has 1 saturated carbocycles. The highest BCUT2D eigenvalue weighted by Crippen LogP contribution is 2.35. The number of benzene rings is 1. The van der Waals surface area contributed by atoms with E-state index in [0.717, 1.165) is 17.3 Å². The van der Waals surface area contributed by atoms with Crippen LogP contribution in [0.2, 0.25) is 0 Å². The number of hydrogen-bond acceptors (Lipinski definition) is 3. The molecular weight excluding hydrogens is 428 g/mol. The lowest BCUT2D eigenvalue weighted by Crippen LogP contribution is -2.35. The molecule has 0 spiro atoms. The molecule has 1 aromatic rings. The Morgan fingerprint density at radius 2 is 2.05 bits per heavy atom. The minimum Gasteiger partial charge on any atom is -0.393 e. The van der Waals surface area contributed by atoms with Crippen molar-refractivity contribution in [2.45, 2.75) is 30.2 Å². The number of nitrogens with two attached hydrogens (primary N) is 1. The first-order valence-corrected chi connectivity index (χ1v) is 9.51. The van der Waals surface area contributed by atoms with E-state index >= 15 is 0 Å². The maximum atomic E-state index is 12.8. The van der Waals surface area contributed by atoms with Gasteiger partial charge in [0.05, 0.1) is 9.88 Å². The van der Waals surface area contributed by atoms with Gasteiger partial charge in [-0.15, -0.1) is 0 Å². The summed E-state index contributed by atoms with van der Waals surface area (Å²) in [6.07, 6.45) is 2.18. The van der Waals surface area contributed by atoms with E-state index in [9.17, 15) is 8.42 Å². The van der Waals surface area contributed by atoms with Gasteiger partial charge in [-0.1, -0.05) is 28.1 Å². The number of rotatable bonds is 6. The summed E-state index contributed by atoms with van der Waals surface area (Å²) < 4.78 is 28.4. The Labute approximate surface area is 141 Å². The second-order valence-corrected chi connectivity index (χ2v) is 8.79. The molecule has 0 aliphatic heterocycles. The minimum absolute atomic E-state index is 0.0697. The van der Waals surface area contributed by atoms with Gasteiger partial charge in [0.1, 0.15) is 0 Å². The van der Waals surface area contributed by atoms with E-state index in [-0.39, 0.29) is 10.9 Å². The van der Waals surface area contributed by atoms with Crippen LogP contribution < -0.4 is 5.73 Å². The molecule has 2 N–H and O–H groups in total. The third kappa shape index (κ3) is 3.79. The lowest BCUT2D eigenvalue weighted by Gasteiger charge is -2.22. The van der Waals surface area contributed by atoms with Crippen LogP contribution in [0.5, 0.6) is 0 Å². The van der Waals surface area contributed by atoms with Gasteiger partial charge in [-0.05, 0) is 47.0 Å². The standard InChI is InChI=1S/C12H14Br2N2O2S2/c13-8-1-4-10(14)11(7-8)20(17,18)16(9-2-3-9)6-5-12(15)19/h1,4,7,9H,2-3,5-6H2,(H2,15,19). The van der Waals surface area contributed by atoms with Crippen molar-refractivity contribution < 1.29 is 8.42 Å². The summed E-state index contributed by atoms with van der Waals surface area (Å²) in [5.74, 6) is 0. The third-order valence-corrected chi connectivity index (χ3v) is 6.66. The number of sulfonamides is 1. The number of halogens is 2. The van der Waals surface area contributed by atoms with E-state index in [4.69, 9.17) is 18.0 Å². The lowest BCUT2D eigenvalue weighted by molar-refractivity contribution is 0.413. The summed E-state index contributed by atoms with van der Waals surface area (Å²) in [6, 6.07) is 5.19. The molecule has 2 rings (SSSR count). The zero-order valence-corrected chi connectivity index (χ0v) is 15.4. The highest BCUT2D eigenvalue weighted by Gasteiger charge is 2.38. The summed E-state index contributed by atoms with van der Waals surface area (Å²) >= 11 is 11.5. The molecule has 0 atom stereocenters. The average Bonchev–Trinajstić information content (AvgIpc) is 3.16. The molecule has 1 aliphatic rings. The maximum Gasteiger partial charge on any atom is 0.244 e. The van der Waals surface area contributed by atoms with Crippen molar-refractivity contribution in [3.63, 3.8) is 0 Å². The maximum absolute atomic E-state index is 12.8. The fourth-order valence-corrected chi connectivity index (χ4v) is 5.13. The van der Waals surface area contributed by atoms with Crippen LogP contribution in [0.1, 0.15) is 19.3 Å². The predicted octanol–water partition coefficient (Wildman–Crippen LogP) is 3.04. The molecule has 0 unspecified atom stereocenters. The van der Waals surface area contributed by atoms with Gasteiger partial charge < -0.3 is 5.73 Å². The van der Waals surface area contributed by atoms with Crippen LogP contribution in [0.4, 0.5) is 0 Å². The van der Waals surface area contributed by atoms with Crippen molar-refractivity contribution >= 4 is 59.1 Å². The van der Waals surface area contributed by atoms with Gasteiger partial charge in [0, 0.05) is 28.0 Å². The van der Waals surface area contributed by atoms with Gasteiger partial charge in [-0.2, -0.15) is 4.31 Å². The highest BCUT2D eigenvalue weighted by molar-refractivity contribution is 9.11. The Morgan fingerprint density at radius 3 is 2.60 bits per heavy atom. The minimum atomic E-state index is -3.55. The van der Waals surface area contributed by atoms with Crippen LogP contribution in [-0.4, -0.2) is 30.3 Å². The summed E-state index contributed by atoms with van der Waals surface area (Å²) in [4.78, 5) is 0.598. The largest absolute Gasteiger partial charge is 0.393 e. The summed E-state index contributed by atoms with van der Waals surface area (Å²) in [5.41, 5.74) is 5.49. The van der Waals surface area contributed by atoms with Crippen molar-refractivity contribution in [2.75, 3.05) is 6.54 Å². The van der Waals surface area contributed by atoms with Gasteiger partial charge in [0.2, 0.25) is 10.0 Å². The highest BCUT2D eigenvalue weighted by atomic mass is 79.9. The van der Waals surface area contributed by atoms with Crippen molar-refractivity contribution in [1.82, 2.24) is 4.31 Å². The smallest absolute Gasteiger partial charge is 0.244 e. The van der Waals surface area contributed by atoms with Crippen LogP contribution in [0.25, 0.3) is 0 Å². The molecule has 0 saturated heterocycles. The van der Waals surface area contributed by atoms with Crippen LogP contribution in [0, 0.1) is 0 Å². The average molecular weight is 442 g/mol. The molecule has 0 heterocycles. The molecule has 0 bridgehead atoms. The van der Waals surface area contributed by atoms with Crippen molar-refractivity contribution in [1.29, 1.82) is 0 Å². The molecule has 4 nitrogen and oxygen atoms in total. The molecule has 110 valence electrons. The first-order chi connectivity index (χ1) is 9.32. The van der Waals surface area contributed by atoms with Crippen molar-refractivity contribution in [2.24, 2.45) is 5.73 Å². The molecule has 1 fully saturated rings. The van der Waals surface area contributed by atoms with Gasteiger partial charge in [-0.3, -0.25) is 0 Å². The fraction of sp³-hybridized carbons (Fsp3) is 0.417. The van der Waals surface area contributed by atoms with Crippen molar-refractivity contribution in [3.8, 4) is 0 Å². The van der Waals surface area contributed by atoms with Crippen LogP contribution in [-0.2, 0) is 10.0 Å². The van der Waals surface area contributed by atoms with Gasteiger partial charge in [0.15, 0.2) is 0 Å². The van der Waals surface area contributed by atoms with E-state index in [1.165, 1.54) is 4.31 Å². The first-order valence-electron chi connectivity index (χ1n) is 6.07. The van der Waals surface area contributed by atoms with E-state index in [0.29, 0.717) is 22.4 Å². The molecular formula is C12H14Br2N2O2S2. The van der Waals surface area contributed by atoms with E-state index in [1.54, 1.807) is 18.2 Å². The quantitative estimate of drug-likeness (QED) is 0.689. The zero-order chi connectivity index (χ0) is 14.9. The predicted molar refractivity (Wildman–Crippen MR) is 90.2 cm³/mol. The molecule has 0 radical (unpaired) electrons. The van der Waals surface area contributed by atoms with Crippen LogP contribution >= 0.6 is 44.1 Å². The molecule has 0 amide bonds. The summed E-state index contributed by atoms with van der Waals surface area (Å²) in [6.45, 7) is 0.335. The normalized spacial score (nSPS) is 15.6. The van der Waals surface area contributed by atoms with Crippen molar-refractivity contribution in [3.05, 3.63) is 27.1 Å². The van der Waals surface area contributed by atoms with Crippen LogP contribution in [0.3, 0.4) is 0 Å². The van der Waals surface area contributed by atoms with E-state index in [2.05, 4.69) is 31.9 Å². The molecule has 1 aromatic carbocycles. The van der Waals surface area contributed by atoms with Crippen LogP contribution in [0.15, 0.2) is 32.0 Å². The van der Waals surface area contributed by atoms with Gasteiger partial charge in [0.25, 0.3) is 0 Å². The SMILES string of the molecule is NC(=S)CCN(C1CC1)S(=O)(=O)c1cc(Br)ccc1Br. The fourth-order valence-electron chi connectivity index (χ4n) is 1.88. The first kappa shape index (κ1) is 16.4. The Kier molecular flexibility index (Phi) is 5.23. The molecule has 0 aromatic heterocycles. The Balaban J connectivity index is 2.35. The van der Waals surface area contributed by atoms with E-state index < -0.39 is 10.0 Å². The summed E-state index contributed by atoms with van der Waals surface area (Å²) in [5, 5.41) is 0.